The zero-order valence-corrected chi connectivity index (χ0v) is 15.7. The highest BCUT2D eigenvalue weighted by molar-refractivity contribution is 5.92. The quantitative estimate of drug-likeness (QED) is 0.810. The highest BCUT2D eigenvalue weighted by Gasteiger charge is 2.40. The van der Waals surface area contributed by atoms with Crippen molar-refractivity contribution in [3.63, 3.8) is 0 Å². The molecule has 140 valence electrons. The highest BCUT2D eigenvalue weighted by Crippen LogP contribution is 2.33. The molecule has 2 aliphatic heterocycles. The molecule has 7 heteroatoms. The molecule has 1 amide bonds. The second-order valence-corrected chi connectivity index (χ2v) is 7.79. The third-order valence-electron chi connectivity index (χ3n) is 5.18. The number of piperidine rings is 1. The van der Waals surface area contributed by atoms with Crippen molar-refractivity contribution in [1.82, 2.24) is 19.9 Å². The monoisotopic (exact) mass is 350 g/mol. The number of ether oxygens (including phenoxy) is 1. The Balaban J connectivity index is 1.68. The molecule has 2 saturated heterocycles. The number of likely N-dealkylation sites (tertiary alicyclic amines) is 1. The van der Waals surface area contributed by atoms with Crippen LogP contribution in [0.1, 0.15) is 29.1 Å². The van der Waals surface area contributed by atoms with Gasteiger partial charge in [-0.25, -0.2) is 0 Å². The first-order valence-corrected chi connectivity index (χ1v) is 9.15. The summed E-state index contributed by atoms with van der Waals surface area (Å²) in [5.74, 6) is 0.641. The van der Waals surface area contributed by atoms with Crippen molar-refractivity contribution in [2.45, 2.75) is 19.8 Å². The first-order valence-electron chi connectivity index (χ1n) is 9.15. The topological polar surface area (TPSA) is 62.1 Å². The number of carbonyl (C=O) groups is 1. The largest absolute Gasteiger partial charge is 0.379 e. The van der Waals surface area contributed by atoms with Gasteiger partial charge in [0.15, 0.2) is 5.69 Å². The highest BCUT2D eigenvalue weighted by atomic mass is 16.5. The van der Waals surface area contributed by atoms with Crippen molar-refractivity contribution in [2.24, 2.45) is 5.41 Å². The Bertz CT molecular complexity index is 589. The van der Waals surface area contributed by atoms with E-state index in [0.29, 0.717) is 11.5 Å². The van der Waals surface area contributed by atoms with E-state index in [1.165, 1.54) is 0 Å². The van der Waals surface area contributed by atoms with Gasteiger partial charge in [-0.1, -0.05) is 5.16 Å². The van der Waals surface area contributed by atoms with Gasteiger partial charge in [0.25, 0.3) is 5.91 Å². The Kier molecular flexibility index (Phi) is 5.76. The van der Waals surface area contributed by atoms with Gasteiger partial charge in [0.05, 0.1) is 13.2 Å². The molecule has 2 fully saturated rings. The summed E-state index contributed by atoms with van der Waals surface area (Å²) < 4.78 is 11.0. The van der Waals surface area contributed by atoms with Crippen LogP contribution in [0.25, 0.3) is 0 Å². The minimum Gasteiger partial charge on any atom is -0.379 e. The predicted molar refractivity (Wildman–Crippen MR) is 94.6 cm³/mol. The van der Waals surface area contributed by atoms with Crippen molar-refractivity contribution in [2.75, 3.05) is 66.6 Å². The van der Waals surface area contributed by atoms with Crippen LogP contribution in [-0.2, 0) is 4.74 Å². The van der Waals surface area contributed by atoms with Crippen molar-refractivity contribution in [3.8, 4) is 0 Å². The Hall–Kier alpha value is -1.44. The molecule has 25 heavy (non-hydrogen) atoms. The van der Waals surface area contributed by atoms with Crippen LogP contribution < -0.4 is 0 Å². The number of hydrogen-bond donors (Lipinski definition) is 0. The summed E-state index contributed by atoms with van der Waals surface area (Å²) in [4.78, 5) is 19.4. The van der Waals surface area contributed by atoms with Crippen LogP contribution >= 0.6 is 0 Å². The van der Waals surface area contributed by atoms with Crippen LogP contribution in [0.5, 0.6) is 0 Å². The van der Waals surface area contributed by atoms with Crippen molar-refractivity contribution in [3.05, 3.63) is 17.5 Å². The van der Waals surface area contributed by atoms with Crippen molar-refractivity contribution >= 4 is 5.91 Å². The van der Waals surface area contributed by atoms with Crippen LogP contribution in [0.15, 0.2) is 10.6 Å². The molecule has 0 aliphatic carbocycles. The van der Waals surface area contributed by atoms with Crippen LogP contribution in [-0.4, -0.2) is 92.3 Å². The molecule has 0 radical (unpaired) electrons. The fraction of sp³-hybridized carbons (Fsp3) is 0.778. The number of amides is 1. The molecule has 1 aromatic rings. The summed E-state index contributed by atoms with van der Waals surface area (Å²) in [6.07, 6.45) is 2.11. The van der Waals surface area contributed by atoms with Gasteiger partial charge < -0.3 is 19.1 Å². The summed E-state index contributed by atoms with van der Waals surface area (Å²) in [7, 11) is 4.20. The van der Waals surface area contributed by atoms with Gasteiger partial charge in [0.1, 0.15) is 5.76 Å². The number of aromatic nitrogens is 1. The average Bonchev–Trinajstić information content (AvgIpc) is 2.92. The van der Waals surface area contributed by atoms with Gasteiger partial charge in [0, 0.05) is 50.7 Å². The van der Waals surface area contributed by atoms with Crippen molar-refractivity contribution < 1.29 is 14.1 Å². The lowest BCUT2D eigenvalue weighted by Gasteiger charge is -2.43. The summed E-state index contributed by atoms with van der Waals surface area (Å²) in [5.41, 5.74) is 0.434. The summed E-state index contributed by atoms with van der Waals surface area (Å²) in [6.45, 7) is 8.85. The average molecular weight is 350 g/mol. The smallest absolute Gasteiger partial charge is 0.276 e. The zero-order chi connectivity index (χ0) is 17.9. The Labute approximate surface area is 149 Å². The molecule has 3 heterocycles. The minimum absolute atomic E-state index is 0.0233. The van der Waals surface area contributed by atoms with Gasteiger partial charge in [-0.05, 0) is 33.9 Å². The third-order valence-corrected chi connectivity index (χ3v) is 5.18. The molecule has 2 aliphatic rings. The maximum Gasteiger partial charge on any atom is 0.276 e. The van der Waals surface area contributed by atoms with E-state index in [1.54, 1.807) is 6.07 Å². The van der Waals surface area contributed by atoms with Crippen molar-refractivity contribution in [1.29, 1.82) is 0 Å². The summed E-state index contributed by atoms with van der Waals surface area (Å²) in [6, 6.07) is 1.72. The fourth-order valence-electron chi connectivity index (χ4n) is 3.87. The Morgan fingerprint density at radius 3 is 2.92 bits per heavy atom. The van der Waals surface area contributed by atoms with Gasteiger partial charge >= 0.3 is 0 Å². The van der Waals surface area contributed by atoms with Crippen LogP contribution in [0.4, 0.5) is 0 Å². The number of nitrogens with zero attached hydrogens (tertiary/aromatic N) is 4. The fourth-order valence-corrected chi connectivity index (χ4v) is 3.87. The summed E-state index contributed by atoms with van der Waals surface area (Å²) >= 11 is 0. The molecule has 0 N–H and O–H groups in total. The molecular formula is C18H30N4O3. The van der Waals surface area contributed by atoms with E-state index in [1.807, 2.05) is 11.8 Å². The van der Waals surface area contributed by atoms with Gasteiger partial charge in [0.2, 0.25) is 0 Å². The maximum atomic E-state index is 12.8. The summed E-state index contributed by atoms with van der Waals surface area (Å²) in [5, 5.41) is 3.89. The molecule has 0 aromatic carbocycles. The maximum absolute atomic E-state index is 12.8. The van der Waals surface area contributed by atoms with Crippen LogP contribution in [0.3, 0.4) is 0 Å². The van der Waals surface area contributed by atoms with E-state index < -0.39 is 0 Å². The lowest BCUT2D eigenvalue weighted by molar-refractivity contribution is 0.00679. The van der Waals surface area contributed by atoms with E-state index in [2.05, 4.69) is 29.1 Å². The molecule has 1 unspecified atom stereocenters. The number of likely N-dealkylation sites (N-methyl/N-ethyl adjacent to an activating group) is 1. The minimum atomic E-state index is -0.0278. The van der Waals surface area contributed by atoms with E-state index >= 15 is 0 Å². The van der Waals surface area contributed by atoms with Gasteiger partial charge in [-0.3, -0.25) is 9.69 Å². The lowest BCUT2D eigenvalue weighted by Crippen LogP contribution is -2.52. The molecule has 1 aromatic heterocycles. The number of carbonyl (C=O) groups excluding carboxylic acids is 1. The molecule has 7 nitrogen and oxygen atoms in total. The van der Waals surface area contributed by atoms with Gasteiger partial charge in [-0.15, -0.1) is 0 Å². The molecule has 1 spiro atoms. The lowest BCUT2D eigenvalue weighted by atomic mass is 9.80. The van der Waals surface area contributed by atoms with Crippen LogP contribution in [0, 0.1) is 12.3 Å². The first kappa shape index (κ1) is 18.4. The molecule has 0 bridgehead atoms. The second kappa shape index (κ2) is 7.85. The zero-order valence-electron chi connectivity index (χ0n) is 15.7. The Morgan fingerprint density at radius 1 is 1.36 bits per heavy atom. The van der Waals surface area contributed by atoms with E-state index in [-0.39, 0.29) is 11.3 Å². The normalized spacial score (nSPS) is 25.5. The first-order chi connectivity index (χ1) is 12.0. The molecule has 0 saturated carbocycles. The molecule has 3 rings (SSSR count). The van der Waals surface area contributed by atoms with E-state index in [9.17, 15) is 4.79 Å². The van der Waals surface area contributed by atoms with Gasteiger partial charge in [-0.2, -0.15) is 0 Å². The van der Waals surface area contributed by atoms with E-state index in [0.717, 1.165) is 65.3 Å². The number of rotatable bonds is 4. The number of hydrogen-bond acceptors (Lipinski definition) is 6. The third kappa shape index (κ3) is 4.59. The second-order valence-electron chi connectivity index (χ2n) is 7.79. The van der Waals surface area contributed by atoms with E-state index in [4.69, 9.17) is 9.26 Å². The SMILES string of the molecule is Cc1cc(C(=O)N2CCCC3(COCCN(CCN(C)C)C3)C2)no1. The predicted octanol–water partition coefficient (Wildman–Crippen LogP) is 1.10. The molecule has 1 atom stereocenters. The van der Waals surface area contributed by atoms with Crippen LogP contribution in [0.2, 0.25) is 0 Å². The Morgan fingerprint density at radius 2 is 2.20 bits per heavy atom. The standard InChI is InChI=1S/C18H30N4O3/c1-15-11-16(19-25-15)17(23)22-6-4-5-18(13-22)12-21(8-7-20(2)3)9-10-24-14-18/h11H,4-10,12-14H2,1-3H3. The number of aryl methyl sites for hydroxylation is 1. The molecular weight excluding hydrogens is 320 g/mol.